The number of thioether (sulfide) groups is 1. The Labute approximate surface area is 101 Å². The van der Waals surface area contributed by atoms with E-state index in [1.165, 1.54) is 4.70 Å². The first-order valence-electron chi connectivity index (χ1n) is 4.52. The number of benzene rings is 1. The number of aliphatic hydroxyl groups is 1. The third-order valence-corrected chi connectivity index (χ3v) is 4.53. The van der Waals surface area contributed by atoms with Gasteiger partial charge in [0.2, 0.25) is 0 Å². The molecule has 0 aliphatic rings. The van der Waals surface area contributed by atoms with Crippen LogP contribution in [0.4, 0.5) is 0 Å². The largest absolute Gasteiger partial charge is 0.391 e. The van der Waals surface area contributed by atoms with Gasteiger partial charge in [-0.15, -0.1) is 22.9 Å². The van der Waals surface area contributed by atoms with Crippen LogP contribution in [0.15, 0.2) is 28.6 Å². The first kappa shape index (κ1) is 11.2. The fourth-order valence-corrected chi connectivity index (χ4v) is 3.39. The molecule has 1 unspecified atom stereocenters. The average Bonchev–Trinajstić information content (AvgIpc) is 2.68. The molecule has 80 valence electrons. The molecule has 0 spiro atoms. The number of nitrogens with zero attached hydrogens (tertiary/aromatic N) is 1. The Morgan fingerprint density at radius 1 is 1.47 bits per heavy atom. The van der Waals surface area contributed by atoms with Crippen molar-refractivity contribution in [3.05, 3.63) is 24.3 Å². The van der Waals surface area contributed by atoms with Gasteiger partial charge in [0.15, 0.2) is 4.34 Å². The van der Waals surface area contributed by atoms with Crippen LogP contribution in [0.25, 0.3) is 10.2 Å². The normalized spacial score (nSPS) is 13.2. The smallest absolute Gasteiger partial charge is 0.151 e. The minimum Gasteiger partial charge on any atom is -0.391 e. The Balaban J connectivity index is 2.09. The minimum absolute atomic E-state index is 0.276. The van der Waals surface area contributed by atoms with E-state index >= 15 is 0 Å². The lowest BCUT2D eigenvalue weighted by Gasteiger charge is -2.02. The second-order valence-corrected chi connectivity index (χ2v) is 5.67. The molecule has 0 radical (unpaired) electrons. The topological polar surface area (TPSA) is 33.1 Å². The van der Waals surface area contributed by atoms with E-state index in [0.29, 0.717) is 5.75 Å². The first-order chi connectivity index (χ1) is 7.29. The number of halogens is 1. The summed E-state index contributed by atoms with van der Waals surface area (Å²) >= 11 is 8.72. The minimum atomic E-state index is -0.455. The van der Waals surface area contributed by atoms with Gasteiger partial charge in [-0.1, -0.05) is 23.9 Å². The van der Waals surface area contributed by atoms with Crippen molar-refractivity contribution in [2.45, 2.75) is 10.4 Å². The maximum atomic E-state index is 9.32. The number of para-hydroxylation sites is 1. The number of hydrogen-bond donors (Lipinski definition) is 1. The number of aromatic nitrogens is 1. The van der Waals surface area contributed by atoms with Gasteiger partial charge in [0.1, 0.15) is 0 Å². The van der Waals surface area contributed by atoms with E-state index in [4.69, 9.17) is 11.6 Å². The highest BCUT2D eigenvalue weighted by Gasteiger charge is 2.07. The zero-order valence-electron chi connectivity index (χ0n) is 7.89. The predicted molar refractivity (Wildman–Crippen MR) is 67.1 cm³/mol. The molecule has 2 rings (SSSR count). The third-order valence-electron chi connectivity index (χ3n) is 1.85. The molecule has 1 aromatic heterocycles. The molecule has 0 aliphatic carbocycles. The molecule has 0 aliphatic heterocycles. The van der Waals surface area contributed by atoms with Crippen molar-refractivity contribution in [2.75, 3.05) is 11.6 Å². The van der Waals surface area contributed by atoms with Crippen LogP contribution in [0.1, 0.15) is 0 Å². The Kier molecular flexibility index (Phi) is 3.86. The van der Waals surface area contributed by atoms with E-state index in [1.54, 1.807) is 23.1 Å². The molecule has 1 atom stereocenters. The molecule has 2 nitrogen and oxygen atoms in total. The molecule has 0 saturated heterocycles. The van der Waals surface area contributed by atoms with E-state index in [0.717, 1.165) is 9.86 Å². The molecule has 1 N–H and O–H groups in total. The molecular formula is C10H10ClNOS2. The number of hydrogen-bond acceptors (Lipinski definition) is 4. The Morgan fingerprint density at radius 3 is 3.00 bits per heavy atom. The standard InChI is InChI=1S/C10H10ClNOS2/c11-5-7(13)6-14-10-12-8-3-1-2-4-9(8)15-10/h1-4,7,13H,5-6H2. The molecule has 1 heterocycles. The highest BCUT2D eigenvalue weighted by molar-refractivity contribution is 8.01. The summed E-state index contributed by atoms with van der Waals surface area (Å²) in [5.74, 6) is 0.876. The SMILES string of the molecule is OC(CCl)CSc1nc2ccccc2s1. The van der Waals surface area contributed by atoms with Gasteiger partial charge in [-0.3, -0.25) is 0 Å². The van der Waals surface area contributed by atoms with Crippen LogP contribution >= 0.6 is 34.7 Å². The quantitative estimate of drug-likeness (QED) is 0.677. The summed E-state index contributed by atoms with van der Waals surface area (Å²) in [4.78, 5) is 4.45. The van der Waals surface area contributed by atoms with Gasteiger partial charge in [0.05, 0.1) is 16.3 Å². The molecule has 0 bridgehead atoms. The molecule has 5 heteroatoms. The molecule has 0 amide bonds. The van der Waals surface area contributed by atoms with Gasteiger partial charge in [0, 0.05) is 11.6 Å². The predicted octanol–water partition coefficient (Wildman–Crippen LogP) is 2.99. The van der Waals surface area contributed by atoms with Gasteiger partial charge in [-0.25, -0.2) is 4.98 Å². The lowest BCUT2D eigenvalue weighted by molar-refractivity contribution is 0.223. The van der Waals surface area contributed by atoms with E-state index in [1.807, 2.05) is 18.2 Å². The second kappa shape index (κ2) is 5.16. The summed E-state index contributed by atoms with van der Waals surface area (Å²) in [5, 5.41) is 9.32. The number of fused-ring (bicyclic) bond motifs is 1. The van der Waals surface area contributed by atoms with Crippen molar-refractivity contribution in [2.24, 2.45) is 0 Å². The van der Waals surface area contributed by atoms with Crippen molar-refractivity contribution < 1.29 is 5.11 Å². The first-order valence-corrected chi connectivity index (χ1v) is 6.85. The van der Waals surface area contributed by atoms with Crippen molar-refractivity contribution in [3.8, 4) is 0 Å². The number of rotatable bonds is 4. The van der Waals surface area contributed by atoms with Crippen LogP contribution in [0.3, 0.4) is 0 Å². The number of aliphatic hydroxyl groups excluding tert-OH is 1. The monoisotopic (exact) mass is 259 g/mol. The molecular weight excluding hydrogens is 250 g/mol. The van der Waals surface area contributed by atoms with Crippen LogP contribution in [0, 0.1) is 0 Å². The second-order valence-electron chi connectivity index (χ2n) is 3.07. The number of alkyl halides is 1. The van der Waals surface area contributed by atoms with Crippen LogP contribution < -0.4 is 0 Å². The van der Waals surface area contributed by atoms with Crippen LogP contribution in [-0.4, -0.2) is 27.8 Å². The molecule has 0 saturated carbocycles. The van der Waals surface area contributed by atoms with E-state index in [-0.39, 0.29) is 5.88 Å². The summed E-state index contributed by atoms with van der Waals surface area (Å²) < 4.78 is 2.17. The van der Waals surface area contributed by atoms with Crippen molar-refractivity contribution in [1.29, 1.82) is 0 Å². The van der Waals surface area contributed by atoms with Crippen LogP contribution in [-0.2, 0) is 0 Å². The summed E-state index contributed by atoms with van der Waals surface area (Å²) in [5.41, 5.74) is 1.02. The highest BCUT2D eigenvalue weighted by atomic mass is 35.5. The van der Waals surface area contributed by atoms with Crippen LogP contribution in [0.5, 0.6) is 0 Å². The zero-order valence-corrected chi connectivity index (χ0v) is 10.3. The average molecular weight is 260 g/mol. The van der Waals surface area contributed by atoms with Crippen molar-refractivity contribution in [3.63, 3.8) is 0 Å². The van der Waals surface area contributed by atoms with E-state index in [9.17, 15) is 5.11 Å². The van der Waals surface area contributed by atoms with Gasteiger partial charge >= 0.3 is 0 Å². The maximum absolute atomic E-state index is 9.32. The molecule has 15 heavy (non-hydrogen) atoms. The van der Waals surface area contributed by atoms with Crippen molar-refractivity contribution in [1.82, 2.24) is 4.98 Å². The van der Waals surface area contributed by atoms with Gasteiger partial charge in [-0.05, 0) is 12.1 Å². The summed E-state index contributed by atoms with van der Waals surface area (Å²) in [6, 6.07) is 8.02. The van der Waals surface area contributed by atoms with Crippen molar-refractivity contribution >= 4 is 44.9 Å². The fourth-order valence-electron chi connectivity index (χ4n) is 1.12. The van der Waals surface area contributed by atoms with Gasteiger partial charge in [-0.2, -0.15) is 0 Å². The summed E-state index contributed by atoms with van der Waals surface area (Å²) in [7, 11) is 0. The summed E-state index contributed by atoms with van der Waals surface area (Å²) in [6.45, 7) is 0. The fraction of sp³-hybridized carbons (Fsp3) is 0.300. The highest BCUT2D eigenvalue weighted by Crippen LogP contribution is 2.29. The van der Waals surface area contributed by atoms with Gasteiger partial charge < -0.3 is 5.11 Å². The van der Waals surface area contributed by atoms with Gasteiger partial charge in [0.25, 0.3) is 0 Å². The molecule has 1 aromatic carbocycles. The van der Waals surface area contributed by atoms with E-state index < -0.39 is 6.10 Å². The Bertz CT molecular complexity index is 413. The Hall–Kier alpha value is -0.290. The number of thiazole rings is 1. The van der Waals surface area contributed by atoms with Crippen LogP contribution in [0.2, 0.25) is 0 Å². The molecule has 0 fully saturated rings. The maximum Gasteiger partial charge on any atom is 0.151 e. The zero-order chi connectivity index (χ0) is 10.7. The lowest BCUT2D eigenvalue weighted by atomic mass is 10.3. The third kappa shape index (κ3) is 2.84. The molecule has 2 aromatic rings. The van der Waals surface area contributed by atoms with E-state index in [2.05, 4.69) is 11.1 Å². The lowest BCUT2D eigenvalue weighted by Crippen LogP contribution is -2.10. The Morgan fingerprint density at radius 2 is 2.27 bits per heavy atom. The summed E-state index contributed by atoms with van der Waals surface area (Å²) in [6.07, 6.45) is -0.455.